The standard InChI is InChI=1S/C32H37ClN6O2/c1-6-30(40)35-27-19-28(29(41-5)18-22(27)12-11-17-39(4)23-13-7-8-14-23)37-32-34-20-25(33)31(38-32)36-26-16-10-9-15-24(26)21(2)3/h6,9-10,15-16,18-21,23H,1,7-8,13-14,17H2,2-5H3,(H,35,40)(H2,34,36,37,38). The molecule has 1 aromatic heterocycles. The van der Waals surface area contributed by atoms with Gasteiger partial charge in [0, 0.05) is 17.8 Å². The Labute approximate surface area is 247 Å². The highest BCUT2D eigenvalue weighted by molar-refractivity contribution is 6.32. The molecule has 9 heteroatoms. The molecule has 1 fully saturated rings. The zero-order valence-electron chi connectivity index (χ0n) is 24.1. The first-order chi connectivity index (χ1) is 19.8. The van der Waals surface area contributed by atoms with E-state index in [4.69, 9.17) is 16.3 Å². The molecule has 0 spiro atoms. The Morgan fingerprint density at radius 2 is 1.95 bits per heavy atom. The van der Waals surface area contributed by atoms with Gasteiger partial charge < -0.3 is 20.7 Å². The average Bonchev–Trinajstić information content (AvgIpc) is 3.51. The van der Waals surface area contributed by atoms with Gasteiger partial charge in [-0.2, -0.15) is 4.98 Å². The predicted molar refractivity (Wildman–Crippen MR) is 168 cm³/mol. The van der Waals surface area contributed by atoms with E-state index in [-0.39, 0.29) is 5.91 Å². The number of anilines is 5. The zero-order chi connectivity index (χ0) is 29.4. The lowest BCUT2D eigenvalue weighted by Crippen LogP contribution is -2.29. The minimum atomic E-state index is -0.342. The summed E-state index contributed by atoms with van der Waals surface area (Å²) in [5.74, 6) is 7.73. The summed E-state index contributed by atoms with van der Waals surface area (Å²) in [6.45, 7) is 8.47. The number of benzene rings is 2. The van der Waals surface area contributed by atoms with Crippen LogP contribution in [0, 0.1) is 11.8 Å². The molecule has 1 saturated carbocycles. The van der Waals surface area contributed by atoms with Crippen LogP contribution in [0.25, 0.3) is 0 Å². The molecule has 1 aliphatic rings. The Hall–Kier alpha value is -4.06. The zero-order valence-corrected chi connectivity index (χ0v) is 24.8. The molecule has 0 bridgehead atoms. The normalized spacial score (nSPS) is 13.0. The van der Waals surface area contributed by atoms with Crippen LogP contribution in [0.4, 0.5) is 28.8 Å². The highest BCUT2D eigenvalue weighted by Crippen LogP contribution is 2.34. The molecule has 41 heavy (non-hydrogen) atoms. The maximum absolute atomic E-state index is 12.3. The summed E-state index contributed by atoms with van der Waals surface area (Å²) in [4.78, 5) is 23.5. The van der Waals surface area contributed by atoms with Crippen LogP contribution in [-0.4, -0.2) is 47.5 Å². The van der Waals surface area contributed by atoms with Crippen molar-refractivity contribution in [1.82, 2.24) is 14.9 Å². The molecule has 2 aromatic carbocycles. The predicted octanol–water partition coefficient (Wildman–Crippen LogP) is 7.10. The number of hydrogen-bond acceptors (Lipinski definition) is 7. The van der Waals surface area contributed by atoms with E-state index in [1.165, 1.54) is 38.0 Å². The van der Waals surface area contributed by atoms with E-state index in [0.717, 1.165) is 11.3 Å². The Morgan fingerprint density at radius 3 is 2.66 bits per heavy atom. The van der Waals surface area contributed by atoms with E-state index >= 15 is 0 Å². The number of halogens is 1. The van der Waals surface area contributed by atoms with E-state index in [1.54, 1.807) is 19.2 Å². The fraction of sp³-hybridized carbons (Fsp3) is 0.344. The molecule has 1 amide bonds. The van der Waals surface area contributed by atoms with E-state index in [0.29, 0.717) is 58.0 Å². The monoisotopic (exact) mass is 572 g/mol. The molecule has 4 rings (SSSR count). The molecular weight excluding hydrogens is 536 g/mol. The van der Waals surface area contributed by atoms with Crippen LogP contribution in [0.5, 0.6) is 5.75 Å². The number of amides is 1. The third-order valence-electron chi connectivity index (χ3n) is 7.11. The minimum absolute atomic E-state index is 0.301. The lowest BCUT2D eigenvalue weighted by Gasteiger charge is -2.21. The van der Waals surface area contributed by atoms with E-state index < -0.39 is 0 Å². The molecule has 0 aliphatic heterocycles. The number of para-hydroxylation sites is 1. The Balaban J connectivity index is 1.62. The minimum Gasteiger partial charge on any atom is -0.495 e. The first kappa shape index (κ1) is 29.9. The molecule has 0 radical (unpaired) electrons. The van der Waals surface area contributed by atoms with Crippen molar-refractivity contribution in [3.63, 3.8) is 0 Å². The van der Waals surface area contributed by atoms with Crippen molar-refractivity contribution in [2.45, 2.75) is 51.5 Å². The number of hydrogen-bond donors (Lipinski definition) is 3. The van der Waals surface area contributed by atoms with Crippen molar-refractivity contribution in [2.24, 2.45) is 0 Å². The maximum atomic E-state index is 12.3. The van der Waals surface area contributed by atoms with E-state index in [9.17, 15) is 4.79 Å². The summed E-state index contributed by atoms with van der Waals surface area (Å²) in [5.41, 5.74) is 3.77. The number of rotatable bonds is 10. The van der Waals surface area contributed by atoms with Crippen molar-refractivity contribution in [2.75, 3.05) is 36.7 Å². The van der Waals surface area contributed by atoms with Crippen LogP contribution in [0.2, 0.25) is 5.02 Å². The number of ether oxygens (including phenoxy) is 1. The van der Waals surface area contributed by atoms with Gasteiger partial charge in [0.05, 0.1) is 36.8 Å². The van der Waals surface area contributed by atoms with Gasteiger partial charge in [-0.05, 0) is 49.6 Å². The molecular formula is C32H37ClN6O2. The number of carbonyl (C=O) groups excluding carboxylic acids is 1. The first-order valence-electron chi connectivity index (χ1n) is 13.8. The van der Waals surface area contributed by atoms with Crippen LogP contribution in [0.3, 0.4) is 0 Å². The molecule has 1 aliphatic carbocycles. The number of aromatic nitrogens is 2. The third kappa shape index (κ3) is 7.78. The fourth-order valence-corrected chi connectivity index (χ4v) is 4.99. The van der Waals surface area contributed by atoms with Crippen molar-refractivity contribution in [1.29, 1.82) is 0 Å². The topological polar surface area (TPSA) is 91.4 Å². The molecule has 3 N–H and O–H groups in total. The number of nitrogens with zero attached hydrogens (tertiary/aromatic N) is 3. The van der Waals surface area contributed by atoms with Crippen LogP contribution >= 0.6 is 11.6 Å². The summed E-state index contributed by atoms with van der Waals surface area (Å²) in [7, 11) is 3.68. The molecule has 0 saturated heterocycles. The van der Waals surface area contributed by atoms with Gasteiger partial charge in [-0.25, -0.2) is 4.98 Å². The molecule has 214 valence electrons. The Morgan fingerprint density at radius 1 is 1.20 bits per heavy atom. The molecule has 0 unspecified atom stereocenters. The second-order valence-corrected chi connectivity index (χ2v) is 10.7. The van der Waals surface area contributed by atoms with Gasteiger partial charge in [0.25, 0.3) is 0 Å². The largest absolute Gasteiger partial charge is 0.495 e. The van der Waals surface area contributed by atoms with Gasteiger partial charge in [-0.3, -0.25) is 9.69 Å². The van der Waals surface area contributed by atoms with Gasteiger partial charge in [-0.15, -0.1) is 0 Å². The summed E-state index contributed by atoms with van der Waals surface area (Å²) in [6, 6.07) is 12.1. The van der Waals surface area contributed by atoms with Gasteiger partial charge in [0.2, 0.25) is 11.9 Å². The molecule has 0 atom stereocenters. The Bertz CT molecular complexity index is 1460. The Kier molecular flexibility index (Phi) is 10.2. The van der Waals surface area contributed by atoms with Crippen molar-refractivity contribution >= 4 is 46.3 Å². The highest BCUT2D eigenvalue weighted by Gasteiger charge is 2.19. The maximum Gasteiger partial charge on any atom is 0.247 e. The fourth-order valence-electron chi connectivity index (χ4n) is 4.85. The van der Waals surface area contributed by atoms with Gasteiger partial charge in [0.1, 0.15) is 10.8 Å². The SMILES string of the molecule is C=CC(=O)Nc1cc(Nc2ncc(Cl)c(Nc3ccccc3C(C)C)n2)c(OC)cc1C#CCN(C)C1CCCC1. The quantitative estimate of drug-likeness (QED) is 0.176. The van der Waals surface area contributed by atoms with Crippen LogP contribution in [-0.2, 0) is 4.79 Å². The summed E-state index contributed by atoms with van der Waals surface area (Å²) in [5, 5.41) is 9.78. The number of carbonyl (C=O) groups is 1. The van der Waals surface area contributed by atoms with Gasteiger partial charge in [-0.1, -0.05) is 74.9 Å². The number of methoxy groups -OCH3 is 1. The van der Waals surface area contributed by atoms with Crippen molar-refractivity contribution in [3.05, 3.63) is 71.4 Å². The second-order valence-electron chi connectivity index (χ2n) is 10.3. The molecule has 1 heterocycles. The summed E-state index contributed by atoms with van der Waals surface area (Å²) in [6.07, 6.45) is 7.71. The average molecular weight is 573 g/mol. The third-order valence-corrected chi connectivity index (χ3v) is 7.39. The van der Waals surface area contributed by atoms with E-state index in [1.807, 2.05) is 18.2 Å². The lowest BCUT2D eigenvalue weighted by atomic mass is 10.0. The van der Waals surface area contributed by atoms with Gasteiger partial charge >= 0.3 is 0 Å². The van der Waals surface area contributed by atoms with Crippen molar-refractivity contribution < 1.29 is 9.53 Å². The van der Waals surface area contributed by atoms with Crippen molar-refractivity contribution in [3.8, 4) is 17.6 Å². The first-order valence-corrected chi connectivity index (χ1v) is 14.2. The highest BCUT2D eigenvalue weighted by atomic mass is 35.5. The van der Waals surface area contributed by atoms with Crippen LogP contribution in [0.15, 0.2) is 55.3 Å². The second kappa shape index (κ2) is 14.0. The van der Waals surface area contributed by atoms with E-state index in [2.05, 4.69) is 76.2 Å². The summed E-state index contributed by atoms with van der Waals surface area (Å²) < 4.78 is 5.67. The number of nitrogens with one attached hydrogen (secondary N) is 3. The molecule has 3 aromatic rings. The van der Waals surface area contributed by atoms with Gasteiger partial charge in [0.15, 0.2) is 5.82 Å². The molecule has 8 nitrogen and oxygen atoms in total. The lowest BCUT2D eigenvalue weighted by molar-refractivity contribution is -0.111. The van der Waals surface area contributed by atoms with Crippen LogP contribution in [0.1, 0.15) is 56.6 Å². The van der Waals surface area contributed by atoms with Crippen LogP contribution < -0.4 is 20.7 Å². The smallest absolute Gasteiger partial charge is 0.247 e. The summed E-state index contributed by atoms with van der Waals surface area (Å²) >= 11 is 6.46.